The summed E-state index contributed by atoms with van der Waals surface area (Å²) in [6.45, 7) is 9.15. The highest BCUT2D eigenvalue weighted by Crippen LogP contribution is 2.26. The third-order valence-electron chi connectivity index (χ3n) is 5.41. The molecule has 160 valence electrons. The molecule has 0 aliphatic rings. The third-order valence-corrected chi connectivity index (χ3v) is 5.41. The van der Waals surface area contributed by atoms with Gasteiger partial charge in [-0.25, -0.2) is 9.59 Å². The normalized spacial score (nSPS) is 11.5. The van der Waals surface area contributed by atoms with Crippen LogP contribution in [0.25, 0.3) is 17.0 Å². The van der Waals surface area contributed by atoms with E-state index in [0.717, 1.165) is 24.2 Å². The lowest BCUT2D eigenvalue weighted by Gasteiger charge is -2.21. The van der Waals surface area contributed by atoms with Crippen LogP contribution in [0.1, 0.15) is 52.6 Å². The van der Waals surface area contributed by atoms with Crippen LogP contribution in [-0.2, 0) is 0 Å². The summed E-state index contributed by atoms with van der Waals surface area (Å²) in [6.07, 6.45) is 1.63. The fourth-order valence-corrected chi connectivity index (χ4v) is 3.63. The number of anilines is 1. The van der Waals surface area contributed by atoms with Crippen molar-refractivity contribution in [2.75, 3.05) is 18.0 Å². The second-order valence-electron chi connectivity index (χ2n) is 7.33. The van der Waals surface area contributed by atoms with Crippen molar-refractivity contribution in [2.45, 2.75) is 27.7 Å². The van der Waals surface area contributed by atoms with E-state index in [2.05, 4.69) is 18.7 Å². The summed E-state index contributed by atoms with van der Waals surface area (Å²) in [7, 11) is 0. The van der Waals surface area contributed by atoms with Gasteiger partial charge in [0.1, 0.15) is 11.1 Å². The summed E-state index contributed by atoms with van der Waals surface area (Å²) in [6, 6.07) is 11.8. The minimum atomic E-state index is -1.02. The molecule has 1 aromatic heterocycles. The van der Waals surface area contributed by atoms with Gasteiger partial charge in [0, 0.05) is 30.2 Å². The molecule has 2 aromatic carbocycles. The molecule has 0 saturated carbocycles. The third kappa shape index (κ3) is 4.43. The fraction of sp³-hybridized carbons (Fsp3) is 0.240. The molecule has 0 amide bonds. The molecule has 1 heterocycles. The highest BCUT2D eigenvalue weighted by molar-refractivity contribution is 6.13. The monoisotopic (exact) mass is 419 g/mol. The number of fused-ring (bicyclic) bond motifs is 1. The number of carboxylic acid groups (broad SMARTS) is 1. The quantitative estimate of drug-likeness (QED) is 0.332. The Balaban J connectivity index is 2.01. The van der Waals surface area contributed by atoms with E-state index in [4.69, 9.17) is 9.52 Å². The van der Waals surface area contributed by atoms with Gasteiger partial charge in [0.05, 0.1) is 5.56 Å². The van der Waals surface area contributed by atoms with Crippen LogP contribution in [0.2, 0.25) is 0 Å². The summed E-state index contributed by atoms with van der Waals surface area (Å²) in [5.74, 6) is -1.43. The van der Waals surface area contributed by atoms with Crippen molar-refractivity contribution in [1.82, 2.24) is 0 Å². The molecule has 0 radical (unpaired) electrons. The lowest BCUT2D eigenvalue weighted by Crippen LogP contribution is -2.22. The van der Waals surface area contributed by atoms with Crippen molar-refractivity contribution in [1.29, 1.82) is 0 Å². The molecule has 0 atom stereocenters. The summed E-state index contributed by atoms with van der Waals surface area (Å²) in [4.78, 5) is 38.9. The number of carboxylic acids is 1. The summed E-state index contributed by atoms with van der Waals surface area (Å²) < 4.78 is 5.52. The van der Waals surface area contributed by atoms with Gasteiger partial charge in [-0.1, -0.05) is 12.1 Å². The Labute approximate surface area is 180 Å². The number of hydrogen-bond donors (Lipinski definition) is 1. The predicted molar refractivity (Wildman–Crippen MR) is 122 cm³/mol. The smallest absolute Gasteiger partial charge is 0.347 e. The highest BCUT2D eigenvalue weighted by Gasteiger charge is 2.20. The summed E-state index contributed by atoms with van der Waals surface area (Å²) >= 11 is 0. The average Bonchev–Trinajstić information content (AvgIpc) is 2.74. The Morgan fingerprint density at radius 1 is 1.06 bits per heavy atom. The molecule has 6 heteroatoms. The number of hydrogen-bond acceptors (Lipinski definition) is 5. The summed E-state index contributed by atoms with van der Waals surface area (Å²) in [5, 5.41) is 9.72. The highest BCUT2D eigenvalue weighted by atomic mass is 16.4. The van der Waals surface area contributed by atoms with Gasteiger partial charge < -0.3 is 14.4 Å². The topological polar surface area (TPSA) is 87.8 Å². The van der Waals surface area contributed by atoms with E-state index in [9.17, 15) is 14.4 Å². The Kier molecular flexibility index (Phi) is 6.39. The number of ketones is 1. The van der Waals surface area contributed by atoms with Crippen molar-refractivity contribution >= 4 is 34.5 Å². The van der Waals surface area contributed by atoms with E-state index in [1.807, 2.05) is 18.2 Å². The zero-order valence-electron chi connectivity index (χ0n) is 18.1. The van der Waals surface area contributed by atoms with Crippen LogP contribution in [0.15, 0.2) is 57.2 Å². The first-order valence-electron chi connectivity index (χ1n) is 10.2. The van der Waals surface area contributed by atoms with Crippen molar-refractivity contribution in [3.8, 4) is 0 Å². The first-order valence-corrected chi connectivity index (χ1v) is 10.2. The van der Waals surface area contributed by atoms with Crippen LogP contribution >= 0.6 is 0 Å². The van der Waals surface area contributed by atoms with Gasteiger partial charge in [0.25, 0.3) is 0 Å². The van der Waals surface area contributed by atoms with Crippen molar-refractivity contribution < 1.29 is 19.1 Å². The number of aryl methyl sites for hydroxylation is 1. The van der Waals surface area contributed by atoms with Crippen molar-refractivity contribution in [2.24, 2.45) is 0 Å². The number of Topliss-reactive ketones (excluding diaryl/α,β-unsaturated/α-hetero) is 1. The van der Waals surface area contributed by atoms with E-state index in [1.165, 1.54) is 12.1 Å². The van der Waals surface area contributed by atoms with Gasteiger partial charge in [-0.15, -0.1) is 0 Å². The molecule has 3 rings (SSSR count). The molecule has 0 spiro atoms. The second-order valence-corrected chi connectivity index (χ2v) is 7.33. The molecule has 3 aromatic rings. The molecule has 0 saturated heterocycles. The molecule has 31 heavy (non-hydrogen) atoms. The molecule has 6 nitrogen and oxygen atoms in total. The molecule has 0 aliphatic carbocycles. The van der Waals surface area contributed by atoms with Gasteiger partial charge in [0.2, 0.25) is 0 Å². The number of benzene rings is 2. The Morgan fingerprint density at radius 2 is 1.71 bits per heavy atom. The van der Waals surface area contributed by atoms with Crippen LogP contribution in [0.5, 0.6) is 0 Å². The van der Waals surface area contributed by atoms with E-state index in [-0.39, 0.29) is 11.1 Å². The Morgan fingerprint density at radius 3 is 2.29 bits per heavy atom. The van der Waals surface area contributed by atoms with Crippen LogP contribution in [0.4, 0.5) is 5.69 Å². The van der Waals surface area contributed by atoms with Crippen LogP contribution in [-0.4, -0.2) is 29.9 Å². The maximum Gasteiger partial charge on any atom is 0.347 e. The lowest BCUT2D eigenvalue weighted by atomic mass is 9.97. The Bertz CT molecular complexity index is 1230. The summed E-state index contributed by atoms with van der Waals surface area (Å²) in [5.41, 5.74) is 2.53. The van der Waals surface area contributed by atoms with Crippen LogP contribution < -0.4 is 10.5 Å². The standard InChI is InChI=1S/C25H25NO5/c1-5-26(6-2)19-11-12-20-16(4)22(25(30)31-21(20)14-19)23(27)15(3)13-17-7-9-18(10-8-17)24(28)29/h7-14H,5-6H2,1-4H3,(H,28,29). The molecule has 0 bridgehead atoms. The first kappa shape index (κ1) is 22.0. The van der Waals surface area contributed by atoms with Gasteiger partial charge >= 0.3 is 11.6 Å². The zero-order valence-corrected chi connectivity index (χ0v) is 18.1. The van der Waals surface area contributed by atoms with Gasteiger partial charge in [-0.2, -0.15) is 0 Å². The maximum absolute atomic E-state index is 13.0. The number of rotatable bonds is 7. The molecular weight excluding hydrogens is 394 g/mol. The average molecular weight is 419 g/mol. The minimum Gasteiger partial charge on any atom is -0.478 e. The molecule has 0 unspecified atom stereocenters. The van der Waals surface area contributed by atoms with Crippen molar-refractivity contribution in [3.05, 3.63) is 80.7 Å². The number of nitrogens with zero attached hydrogens (tertiary/aromatic N) is 1. The predicted octanol–water partition coefficient (Wildman–Crippen LogP) is 4.93. The molecule has 1 N–H and O–H groups in total. The molecule has 0 fully saturated rings. The SMILES string of the molecule is CCN(CC)c1ccc2c(C)c(C(=O)C(C)=Cc3ccc(C(=O)O)cc3)c(=O)oc2c1. The minimum absolute atomic E-state index is 0.0130. The number of carbonyl (C=O) groups is 2. The molecule has 0 aliphatic heterocycles. The molecular formula is C25H25NO5. The Hall–Kier alpha value is -3.67. The van der Waals surface area contributed by atoms with E-state index < -0.39 is 17.4 Å². The first-order chi connectivity index (χ1) is 14.8. The van der Waals surface area contributed by atoms with E-state index in [0.29, 0.717) is 22.3 Å². The maximum atomic E-state index is 13.0. The zero-order chi connectivity index (χ0) is 22.7. The number of carbonyl (C=O) groups excluding carboxylic acids is 1. The largest absolute Gasteiger partial charge is 0.478 e. The second kappa shape index (κ2) is 9.00. The van der Waals surface area contributed by atoms with Crippen LogP contribution in [0.3, 0.4) is 0 Å². The lowest BCUT2D eigenvalue weighted by molar-refractivity contribution is 0.0696. The van der Waals surface area contributed by atoms with Gasteiger partial charge in [0.15, 0.2) is 5.78 Å². The van der Waals surface area contributed by atoms with E-state index >= 15 is 0 Å². The number of allylic oxidation sites excluding steroid dienone is 1. The van der Waals surface area contributed by atoms with Crippen LogP contribution in [0, 0.1) is 6.92 Å². The van der Waals surface area contributed by atoms with Gasteiger partial charge in [-0.05, 0) is 74.7 Å². The fourth-order valence-electron chi connectivity index (χ4n) is 3.63. The number of aromatic carboxylic acids is 1. The van der Waals surface area contributed by atoms with Crippen molar-refractivity contribution in [3.63, 3.8) is 0 Å². The van der Waals surface area contributed by atoms with E-state index in [1.54, 1.807) is 32.1 Å². The van der Waals surface area contributed by atoms with Gasteiger partial charge in [-0.3, -0.25) is 4.79 Å².